The molecule has 26 heteroatoms. The van der Waals surface area contributed by atoms with Crippen LogP contribution in [-0.2, 0) is 12.1 Å². The molecule has 0 unspecified atom stereocenters. The molecule has 0 aliphatic heterocycles. The predicted molar refractivity (Wildman–Crippen MR) is 71.7 cm³/mol. The lowest BCUT2D eigenvalue weighted by molar-refractivity contribution is -0.850. The number of aromatic nitrogens is 2. The molecule has 0 aliphatic rings. The first-order chi connectivity index (χ1) is 17.0. The molecule has 0 amide bonds. The summed E-state index contributed by atoms with van der Waals surface area (Å²) in [6.45, 7) is 0. The molecule has 1 rings (SSSR count). The highest BCUT2D eigenvalue weighted by Gasteiger charge is 2.96. The Balaban J connectivity index is 3.76. The number of halogens is 24. The Morgan fingerprint density at radius 3 is 1.00 bits per heavy atom. The van der Waals surface area contributed by atoms with Crippen LogP contribution in [0.15, 0.2) is 18.7 Å². The van der Waals surface area contributed by atoms with E-state index >= 15 is 0 Å². The molecular weight excluding hydrogens is 652 g/mol. The van der Waals surface area contributed by atoms with Crippen molar-refractivity contribution in [1.82, 2.24) is 4.57 Å². The van der Waals surface area contributed by atoms with Crippen molar-refractivity contribution in [3.05, 3.63) is 18.7 Å². The van der Waals surface area contributed by atoms with Gasteiger partial charge in [0.2, 0.25) is 0 Å². The summed E-state index contributed by atoms with van der Waals surface area (Å²) in [5.41, 5.74) is 0. The minimum Gasteiger partial charge on any atom is -0.192 e. The summed E-state index contributed by atoms with van der Waals surface area (Å²) in [5, 5.41) is 0. The molecule has 0 spiro atoms. The maximum Gasteiger partial charge on any atom is 0.472 e. The second-order valence-corrected chi connectivity index (χ2v) is 7.33. The third-order valence-corrected chi connectivity index (χ3v) is 4.72. The Labute approximate surface area is 200 Å². The van der Waals surface area contributed by atoms with E-state index in [1.54, 1.807) is 0 Å². The molecule has 1 aromatic rings. The van der Waals surface area contributed by atoms with Gasteiger partial charge in [0.05, 0.1) is 0 Å². The monoisotopic (exact) mass is 655 g/mol. The second kappa shape index (κ2) is 8.77. The second-order valence-electron chi connectivity index (χ2n) is 7.33. The van der Waals surface area contributed by atoms with Crippen molar-refractivity contribution in [2.24, 2.45) is 0 Å². The van der Waals surface area contributed by atoms with Crippen LogP contribution in [0.25, 0.3) is 0 Å². The first-order valence-electron chi connectivity index (χ1n) is 8.60. The summed E-state index contributed by atoms with van der Waals surface area (Å²) >= 11 is 0. The topological polar surface area (TPSA) is 8.81 Å². The maximum absolute atomic E-state index is 14.0. The van der Waals surface area contributed by atoms with Gasteiger partial charge < -0.3 is 0 Å². The first kappa shape index (κ1) is 35.6. The van der Waals surface area contributed by atoms with E-state index in [2.05, 4.69) is 0 Å². The largest absolute Gasteiger partial charge is 0.472 e. The van der Waals surface area contributed by atoms with E-state index in [0.29, 0.717) is 0 Å². The highest BCUT2D eigenvalue weighted by atomic mass is 19.4. The third kappa shape index (κ3) is 4.28. The number of imidazole rings is 1. The van der Waals surface area contributed by atoms with Gasteiger partial charge in [0.15, 0.2) is 0 Å². The molecule has 0 N–H and O–H groups in total. The van der Waals surface area contributed by atoms with E-state index in [1.165, 1.54) is 0 Å². The van der Waals surface area contributed by atoms with Crippen LogP contribution in [0.4, 0.5) is 105 Å². The third-order valence-electron chi connectivity index (χ3n) is 4.72. The molecule has 1 aromatic heterocycles. The summed E-state index contributed by atoms with van der Waals surface area (Å²) in [5.74, 6) is -59.9. The molecular formula is C14H3F24N2+. The van der Waals surface area contributed by atoms with E-state index < -0.39 is 93.8 Å². The van der Waals surface area contributed by atoms with Crippen LogP contribution in [0, 0.1) is 0 Å². The van der Waals surface area contributed by atoms with Crippen LogP contribution >= 0.6 is 0 Å². The minimum atomic E-state index is -9.03. The molecule has 0 bridgehead atoms. The zero-order valence-electron chi connectivity index (χ0n) is 17.2. The van der Waals surface area contributed by atoms with Gasteiger partial charge >= 0.3 is 65.9 Å². The molecule has 2 nitrogen and oxygen atoms in total. The Bertz CT molecular complexity index is 1070. The molecule has 0 aromatic carbocycles. The summed E-state index contributed by atoms with van der Waals surface area (Å²) < 4.78 is 309. The highest BCUT2D eigenvalue weighted by molar-refractivity contribution is 5.14. The molecule has 0 atom stereocenters. The van der Waals surface area contributed by atoms with Gasteiger partial charge in [0, 0.05) is 0 Å². The number of hydrogen-bond donors (Lipinski definition) is 0. The van der Waals surface area contributed by atoms with Crippen molar-refractivity contribution in [2.45, 2.75) is 65.9 Å². The Morgan fingerprint density at radius 1 is 0.375 bits per heavy atom. The Hall–Kier alpha value is -2.47. The average Bonchev–Trinajstić information content (AvgIpc) is 3.22. The summed E-state index contributed by atoms with van der Waals surface area (Å²) in [6.07, 6.45) is -19.4. The highest BCUT2D eigenvalue weighted by Crippen LogP contribution is 2.64. The van der Waals surface area contributed by atoms with Crippen molar-refractivity contribution in [3.63, 3.8) is 0 Å². The number of alkyl halides is 24. The fourth-order valence-corrected chi connectivity index (χ4v) is 2.34. The van der Waals surface area contributed by atoms with E-state index in [9.17, 15) is 105 Å². The predicted octanol–water partition coefficient (Wildman–Crippen LogP) is 7.45. The van der Waals surface area contributed by atoms with Gasteiger partial charge in [0.25, 0.3) is 6.33 Å². The molecule has 0 radical (unpaired) electrons. The average molecular weight is 655 g/mol. The molecule has 236 valence electrons. The van der Waals surface area contributed by atoms with Gasteiger partial charge in [0.1, 0.15) is 12.4 Å². The van der Waals surface area contributed by atoms with Crippen molar-refractivity contribution in [2.75, 3.05) is 0 Å². The molecule has 0 fully saturated rings. The molecule has 40 heavy (non-hydrogen) atoms. The number of nitrogens with zero attached hydrogens (tertiary/aromatic N) is 2. The van der Waals surface area contributed by atoms with Gasteiger partial charge in [-0.25, -0.2) is 0 Å². The van der Waals surface area contributed by atoms with E-state index in [4.69, 9.17) is 0 Å². The maximum atomic E-state index is 14.0. The summed E-state index contributed by atoms with van der Waals surface area (Å²) in [4.78, 5) is 0. The zero-order chi connectivity index (χ0) is 32.8. The lowest BCUT2D eigenvalue weighted by Gasteiger charge is -2.42. The zero-order valence-corrected chi connectivity index (χ0v) is 17.2. The molecule has 0 aliphatic carbocycles. The van der Waals surface area contributed by atoms with Crippen LogP contribution in [-0.4, -0.2) is 58.4 Å². The quantitative estimate of drug-likeness (QED) is 0.193. The fraction of sp³-hybridized carbons (Fsp3) is 0.786. The lowest BCUT2D eigenvalue weighted by Crippen LogP contribution is -2.74. The van der Waals surface area contributed by atoms with E-state index in [-0.39, 0.29) is 0 Å². The van der Waals surface area contributed by atoms with Gasteiger partial charge in [-0.2, -0.15) is 115 Å². The normalized spacial score (nSPS) is 16.5. The van der Waals surface area contributed by atoms with Gasteiger partial charge in [-0.1, -0.05) is 0 Å². The molecule has 0 saturated heterocycles. The van der Waals surface area contributed by atoms with Crippen LogP contribution in [0.1, 0.15) is 0 Å². The molecule has 1 heterocycles. The van der Waals surface area contributed by atoms with Crippen molar-refractivity contribution in [3.8, 4) is 0 Å². The summed E-state index contributed by atoms with van der Waals surface area (Å²) in [6, 6.07) is -14.4. The first-order valence-corrected chi connectivity index (χ1v) is 8.60. The Kier molecular flexibility index (Phi) is 7.79. The number of hydrogen-bond acceptors (Lipinski definition) is 0. The SMILES string of the molecule is FC(F)(F)C(F)(F)C(F)(F)[n+]1ccn(C(F)(F)C(F)(F)C(F)(F)C(F)(F)C(F)(F)C(F)(F)C(F)(F)C(F)(F)F)c1. The van der Waals surface area contributed by atoms with E-state index in [0.717, 1.165) is 0 Å². The van der Waals surface area contributed by atoms with Gasteiger partial charge in [-0.3, -0.25) is 0 Å². The van der Waals surface area contributed by atoms with Crippen LogP contribution in [0.3, 0.4) is 0 Å². The van der Waals surface area contributed by atoms with Crippen LogP contribution in [0.5, 0.6) is 0 Å². The van der Waals surface area contributed by atoms with Crippen LogP contribution in [0.2, 0.25) is 0 Å². The van der Waals surface area contributed by atoms with Gasteiger partial charge in [-0.05, 0) is 0 Å². The van der Waals surface area contributed by atoms with Crippen molar-refractivity contribution >= 4 is 0 Å². The van der Waals surface area contributed by atoms with Crippen LogP contribution < -0.4 is 4.57 Å². The van der Waals surface area contributed by atoms with Crippen molar-refractivity contribution < 1.29 is 110 Å². The number of rotatable bonds is 9. The standard InChI is InChI=1S/C14H3F24N2/c15-4(16,6(19,20)8(23,24)11(29,30)31)5(17,18)7(21,22)9(25,26)13(35,36)39-1-2-40(3-39)14(37,38)10(27,28)12(32,33)34/h1-3H/q+1. The lowest BCUT2D eigenvalue weighted by atomic mass is 9.90. The van der Waals surface area contributed by atoms with Crippen molar-refractivity contribution in [1.29, 1.82) is 0 Å². The van der Waals surface area contributed by atoms with Gasteiger partial charge in [-0.15, -0.1) is 0 Å². The minimum absolute atomic E-state index is 1.16. The molecule has 0 saturated carbocycles. The summed E-state index contributed by atoms with van der Waals surface area (Å²) in [7, 11) is 0. The van der Waals surface area contributed by atoms with E-state index in [1.807, 2.05) is 0 Å². The smallest absolute Gasteiger partial charge is 0.192 e. The fourth-order valence-electron chi connectivity index (χ4n) is 2.34. The Morgan fingerprint density at radius 2 is 0.675 bits per heavy atom.